The molecule has 28 heavy (non-hydrogen) atoms. The third-order valence-electron chi connectivity index (χ3n) is 5.27. The topological polar surface area (TPSA) is 50.2 Å². The molecule has 0 saturated heterocycles. The van der Waals surface area contributed by atoms with Crippen LogP contribution in [0.1, 0.15) is 52.3 Å². The lowest BCUT2D eigenvalue weighted by Gasteiger charge is -2.32. The molecule has 0 fully saturated rings. The fourth-order valence-electron chi connectivity index (χ4n) is 3.77. The van der Waals surface area contributed by atoms with E-state index in [1.807, 2.05) is 23.7 Å². The van der Waals surface area contributed by atoms with E-state index in [2.05, 4.69) is 43.0 Å². The minimum atomic E-state index is -1.01. The molecule has 0 amide bonds. The average Bonchev–Trinajstić information content (AvgIpc) is 3.21. The molecule has 1 aromatic heterocycles. The van der Waals surface area contributed by atoms with Gasteiger partial charge in [0.2, 0.25) is 0 Å². The summed E-state index contributed by atoms with van der Waals surface area (Å²) in [4.78, 5) is 16.0. The van der Waals surface area contributed by atoms with E-state index in [9.17, 15) is 9.90 Å². The molecule has 1 aliphatic carbocycles. The monoisotopic (exact) mass is 385 g/mol. The minimum absolute atomic E-state index is 0.0349. The first-order valence-electron chi connectivity index (χ1n) is 9.00. The Balaban J connectivity index is 1.91. The van der Waals surface area contributed by atoms with Gasteiger partial charge in [0.05, 0.1) is 5.56 Å². The van der Waals surface area contributed by atoms with Crippen LogP contribution in [0, 0.1) is 12.3 Å². The van der Waals surface area contributed by atoms with Crippen molar-refractivity contribution in [1.29, 1.82) is 0 Å². The van der Waals surface area contributed by atoms with E-state index in [4.69, 9.17) is 6.42 Å². The Morgan fingerprint density at radius 3 is 2.75 bits per heavy atom. The van der Waals surface area contributed by atoms with Gasteiger partial charge in [-0.15, -0.1) is 17.8 Å². The summed E-state index contributed by atoms with van der Waals surface area (Å²) in [5.41, 5.74) is 5.79. The van der Waals surface area contributed by atoms with Crippen molar-refractivity contribution < 1.29 is 9.90 Å². The zero-order valence-corrected chi connectivity index (χ0v) is 16.5. The number of terminal acetylenes is 1. The molecule has 0 bridgehead atoms. The van der Waals surface area contributed by atoms with Crippen LogP contribution in [0.2, 0.25) is 0 Å². The number of aromatic carboxylic acids is 1. The van der Waals surface area contributed by atoms with Crippen LogP contribution in [0.15, 0.2) is 54.1 Å². The highest BCUT2D eigenvalue weighted by Crippen LogP contribution is 2.43. The maximum Gasteiger partial charge on any atom is 0.336 e. The molecule has 4 rings (SSSR count). The number of carboxylic acid groups (broad SMARTS) is 1. The first-order valence-corrected chi connectivity index (χ1v) is 9.88. The van der Waals surface area contributed by atoms with Crippen molar-refractivity contribution in [2.75, 3.05) is 0 Å². The van der Waals surface area contributed by atoms with Gasteiger partial charge in [-0.25, -0.2) is 9.78 Å². The van der Waals surface area contributed by atoms with Gasteiger partial charge >= 0.3 is 5.97 Å². The van der Waals surface area contributed by atoms with E-state index < -0.39 is 5.97 Å². The Morgan fingerprint density at radius 1 is 1.25 bits per heavy atom. The second-order valence-corrected chi connectivity index (χ2v) is 8.38. The van der Waals surface area contributed by atoms with Gasteiger partial charge in [-0.1, -0.05) is 50.1 Å². The van der Waals surface area contributed by atoms with E-state index in [0.29, 0.717) is 5.56 Å². The maximum absolute atomic E-state index is 11.6. The third-order valence-corrected chi connectivity index (χ3v) is 6.07. The molecule has 1 aliphatic rings. The highest BCUT2D eigenvalue weighted by molar-refractivity contribution is 7.10. The van der Waals surface area contributed by atoms with Crippen LogP contribution < -0.4 is 0 Å². The smallest absolute Gasteiger partial charge is 0.336 e. The fraction of sp³-hybridized carbons (Fsp3) is 0.167. The molecule has 0 aliphatic heterocycles. The predicted octanol–water partition coefficient (Wildman–Crippen LogP) is 5.60. The average molecular weight is 385 g/mol. The highest BCUT2D eigenvalue weighted by atomic mass is 32.1. The van der Waals surface area contributed by atoms with Crippen molar-refractivity contribution in [3.63, 3.8) is 0 Å². The Bertz CT molecular complexity index is 1150. The van der Waals surface area contributed by atoms with Gasteiger partial charge in [0.25, 0.3) is 0 Å². The second-order valence-electron chi connectivity index (χ2n) is 7.48. The quantitative estimate of drug-likeness (QED) is 0.597. The summed E-state index contributed by atoms with van der Waals surface area (Å²) in [6.45, 7) is 4.45. The molecule has 4 heteroatoms. The molecule has 1 heterocycles. The summed E-state index contributed by atoms with van der Waals surface area (Å²) < 4.78 is 0. The summed E-state index contributed by atoms with van der Waals surface area (Å²) in [6.07, 6.45) is 10.7. The van der Waals surface area contributed by atoms with E-state index in [1.165, 1.54) is 11.1 Å². The van der Waals surface area contributed by atoms with Crippen LogP contribution in [0.3, 0.4) is 0 Å². The van der Waals surface area contributed by atoms with Crippen molar-refractivity contribution in [3.05, 3.63) is 81.3 Å². The molecular weight excluding hydrogens is 366 g/mol. The van der Waals surface area contributed by atoms with Gasteiger partial charge < -0.3 is 5.11 Å². The van der Waals surface area contributed by atoms with Crippen molar-refractivity contribution in [3.8, 4) is 23.5 Å². The van der Waals surface area contributed by atoms with Crippen LogP contribution in [0.5, 0.6) is 0 Å². The second kappa shape index (κ2) is 6.78. The lowest BCUT2D eigenvalue weighted by molar-refractivity contribution is 0.0696. The van der Waals surface area contributed by atoms with Crippen LogP contribution in [-0.4, -0.2) is 16.1 Å². The molecule has 3 aromatic rings. The maximum atomic E-state index is 11.6. The number of rotatable bonds is 3. The third kappa shape index (κ3) is 2.94. The molecule has 1 N–H and O–H groups in total. The number of carbonyl (C=O) groups is 1. The van der Waals surface area contributed by atoms with Crippen LogP contribution in [0.4, 0.5) is 0 Å². The Kier molecular flexibility index (Phi) is 4.41. The first kappa shape index (κ1) is 18.2. The van der Waals surface area contributed by atoms with Gasteiger partial charge in [-0.05, 0) is 46.2 Å². The Hall–Kier alpha value is -3.16. The number of carboxylic acids is 1. The van der Waals surface area contributed by atoms with E-state index in [1.54, 1.807) is 23.5 Å². The number of thiazole rings is 1. The summed E-state index contributed by atoms with van der Waals surface area (Å²) in [6, 6.07) is 11.4. The predicted molar refractivity (Wildman–Crippen MR) is 114 cm³/mol. The fourth-order valence-corrected chi connectivity index (χ4v) is 4.46. The van der Waals surface area contributed by atoms with Crippen molar-refractivity contribution >= 4 is 22.9 Å². The van der Waals surface area contributed by atoms with Gasteiger partial charge in [-0.2, -0.15) is 0 Å². The van der Waals surface area contributed by atoms with Gasteiger partial charge in [0.15, 0.2) is 0 Å². The van der Waals surface area contributed by atoms with Crippen LogP contribution in [0.25, 0.3) is 16.7 Å². The van der Waals surface area contributed by atoms with E-state index >= 15 is 0 Å². The summed E-state index contributed by atoms with van der Waals surface area (Å²) >= 11 is 1.63. The lowest BCUT2D eigenvalue weighted by Crippen LogP contribution is -2.22. The van der Waals surface area contributed by atoms with Crippen LogP contribution >= 0.6 is 11.3 Å². The van der Waals surface area contributed by atoms with Gasteiger partial charge in [0, 0.05) is 22.7 Å². The molecule has 3 nitrogen and oxygen atoms in total. The molecule has 2 aromatic carbocycles. The number of benzene rings is 2. The number of hydrogen-bond acceptors (Lipinski definition) is 3. The normalized spacial score (nSPS) is 14.7. The largest absolute Gasteiger partial charge is 0.478 e. The van der Waals surface area contributed by atoms with E-state index in [0.717, 1.165) is 28.1 Å². The van der Waals surface area contributed by atoms with Crippen molar-refractivity contribution in [2.24, 2.45) is 0 Å². The summed E-state index contributed by atoms with van der Waals surface area (Å²) in [5.74, 6) is 1.56. The number of nitrogens with zero attached hydrogens (tertiary/aromatic N) is 1. The Morgan fingerprint density at radius 2 is 2.07 bits per heavy atom. The number of allylic oxidation sites excluding steroid dienone is 1. The van der Waals surface area contributed by atoms with Crippen molar-refractivity contribution in [2.45, 2.75) is 25.7 Å². The van der Waals surface area contributed by atoms with E-state index in [-0.39, 0.29) is 11.0 Å². The Labute approximate surface area is 168 Å². The first-order chi connectivity index (χ1) is 13.4. The van der Waals surface area contributed by atoms with Crippen molar-refractivity contribution in [1.82, 2.24) is 4.98 Å². The van der Waals surface area contributed by atoms with Gasteiger partial charge in [-0.3, -0.25) is 0 Å². The molecule has 138 valence electrons. The molecule has 0 radical (unpaired) electrons. The summed E-state index contributed by atoms with van der Waals surface area (Å²) in [5, 5.41) is 12.5. The lowest BCUT2D eigenvalue weighted by atomic mass is 9.72. The van der Waals surface area contributed by atoms with Gasteiger partial charge in [0.1, 0.15) is 5.01 Å². The van der Waals surface area contributed by atoms with Crippen LogP contribution in [-0.2, 0) is 5.41 Å². The SMILES string of the molecule is C#Cc1c(C(=O)O)cccc1-c1ccc2c(c1)C(C)(C)CC=C2c1nccs1. The minimum Gasteiger partial charge on any atom is -0.478 e. The highest BCUT2D eigenvalue weighted by Gasteiger charge is 2.30. The molecule has 0 unspecified atom stereocenters. The zero-order valence-electron chi connectivity index (χ0n) is 15.7. The molecule has 0 spiro atoms. The zero-order chi connectivity index (χ0) is 19.9. The standard InChI is InChI=1S/C24H19NO2S/c1-4-16-17(6-5-7-20(16)23(26)27)15-8-9-18-19(22-25-12-13-28-22)10-11-24(2,3)21(18)14-15/h1,5-10,12-14H,11H2,2-3H3,(H,26,27). The molecular formula is C24H19NO2S. The summed E-state index contributed by atoms with van der Waals surface area (Å²) in [7, 11) is 0. The molecule has 0 atom stereocenters. The number of aromatic nitrogens is 1. The number of fused-ring (bicyclic) bond motifs is 1. The number of hydrogen-bond donors (Lipinski definition) is 1. The molecule has 0 saturated carbocycles.